The van der Waals surface area contributed by atoms with Gasteiger partial charge in [-0.1, -0.05) is 18.2 Å². The normalized spacial score (nSPS) is 22.9. The number of piperidine rings is 1. The Bertz CT molecular complexity index is 1120. The molecule has 3 saturated heterocycles. The molecule has 2 atom stereocenters. The molecule has 0 aliphatic carbocycles. The van der Waals surface area contributed by atoms with Crippen LogP contribution in [0.25, 0.3) is 0 Å². The number of anilines is 2. The van der Waals surface area contributed by atoms with Gasteiger partial charge in [0.1, 0.15) is 5.75 Å². The van der Waals surface area contributed by atoms with Gasteiger partial charge in [-0.15, -0.1) is 0 Å². The number of carbonyl (C=O) groups excluding carboxylic acids is 1. The topological polar surface area (TPSA) is 79.4 Å². The predicted molar refractivity (Wildman–Crippen MR) is 135 cm³/mol. The number of carbonyl (C=O) groups is 1. The molecule has 0 saturated carbocycles. The molecule has 188 valence electrons. The van der Waals surface area contributed by atoms with E-state index in [0.717, 1.165) is 30.6 Å². The average molecular weight is 500 g/mol. The first-order valence-electron chi connectivity index (χ1n) is 12.3. The molecule has 2 aromatic carbocycles. The van der Waals surface area contributed by atoms with Gasteiger partial charge in [-0.3, -0.25) is 4.79 Å². The summed E-state index contributed by atoms with van der Waals surface area (Å²) in [6, 6.07) is 15.6. The van der Waals surface area contributed by atoms with Crippen molar-refractivity contribution in [2.75, 3.05) is 49.9 Å². The standard InChI is InChI=1S/C26H33N3O5S/c1-33-19-34-26-10-9-24(15-25(26)29-21-7-8-22(29)17-27(16-21)18-30)35(31,32)23-11-13-28(14-12-23)20-5-3-2-4-6-20/h2-6,9-10,15,18,21-23H,7-8,11-14,16-17,19H2,1H3. The van der Waals surface area contributed by atoms with E-state index in [-0.39, 0.29) is 18.9 Å². The van der Waals surface area contributed by atoms with Gasteiger partial charge in [0.15, 0.2) is 16.6 Å². The van der Waals surface area contributed by atoms with Crippen molar-refractivity contribution in [1.29, 1.82) is 0 Å². The number of hydrogen-bond donors (Lipinski definition) is 0. The molecular weight excluding hydrogens is 466 g/mol. The molecule has 9 heteroatoms. The summed E-state index contributed by atoms with van der Waals surface area (Å²) in [7, 11) is -1.94. The zero-order chi connectivity index (χ0) is 24.4. The van der Waals surface area contributed by atoms with E-state index >= 15 is 0 Å². The molecule has 35 heavy (non-hydrogen) atoms. The minimum absolute atomic E-state index is 0.0840. The largest absolute Gasteiger partial charge is 0.465 e. The molecule has 0 aromatic heterocycles. The molecule has 3 fully saturated rings. The van der Waals surface area contributed by atoms with E-state index in [1.54, 1.807) is 25.3 Å². The van der Waals surface area contributed by atoms with Gasteiger partial charge in [0, 0.05) is 51.1 Å². The summed E-state index contributed by atoms with van der Waals surface area (Å²) >= 11 is 0. The predicted octanol–water partition coefficient (Wildman–Crippen LogP) is 2.92. The van der Waals surface area contributed by atoms with Crippen molar-refractivity contribution in [3.05, 3.63) is 48.5 Å². The highest BCUT2D eigenvalue weighted by molar-refractivity contribution is 7.92. The number of piperazine rings is 1. The van der Waals surface area contributed by atoms with Gasteiger partial charge in [0.2, 0.25) is 6.41 Å². The molecule has 0 N–H and O–H groups in total. The zero-order valence-corrected chi connectivity index (χ0v) is 20.9. The molecular formula is C26H33N3O5S. The molecule has 0 radical (unpaired) electrons. The second-order valence-electron chi connectivity index (χ2n) is 9.60. The molecule has 3 heterocycles. The number of nitrogens with zero attached hydrogens (tertiary/aromatic N) is 3. The smallest absolute Gasteiger partial charge is 0.209 e. The van der Waals surface area contributed by atoms with E-state index in [0.29, 0.717) is 49.7 Å². The van der Waals surface area contributed by atoms with Gasteiger partial charge in [0.25, 0.3) is 0 Å². The van der Waals surface area contributed by atoms with Gasteiger partial charge in [-0.05, 0) is 56.0 Å². The number of hydrogen-bond acceptors (Lipinski definition) is 7. The highest BCUT2D eigenvalue weighted by Crippen LogP contribution is 2.41. The highest BCUT2D eigenvalue weighted by atomic mass is 32.2. The van der Waals surface area contributed by atoms with E-state index in [1.807, 2.05) is 23.1 Å². The Morgan fingerprint density at radius 3 is 2.29 bits per heavy atom. The number of para-hydroxylation sites is 1. The lowest BCUT2D eigenvalue weighted by Crippen LogP contribution is -2.53. The maximum Gasteiger partial charge on any atom is 0.209 e. The summed E-state index contributed by atoms with van der Waals surface area (Å²) in [5.41, 5.74) is 1.91. The van der Waals surface area contributed by atoms with E-state index in [1.165, 1.54) is 0 Å². The summed E-state index contributed by atoms with van der Waals surface area (Å²) in [6.45, 7) is 2.79. The first-order valence-corrected chi connectivity index (χ1v) is 13.8. The summed E-state index contributed by atoms with van der Waals surface area (Å²) in [5, 5.41) is -0.412. The third-order valence-corrected chi connectivity index (χ3v) is 9.79. The number of rotatable bonds is 8. The van der Waals surface area contributed by atoms with Crippen molar-refractivity contribution >= 4 is 27.6 Å². The number of ether oxygens (including phenoxy) is 2. The third kappa shape index (κ3) is 4.71. The van der Waals surface area contributed by atoms with E-state index in [4.69, 9.17) is 9.47 Å². The Morgan fingerprint density at radius 1 is 0.971 bits per heavy atom. The molecule has 3 aliphatic heterocycles. The molecule has 5 rings (SSSR count). The van der Waals surface area contributed by atoms with Crippen LogP contribution in [-0.4, -0.2) is 77.1 Å². The van der Waals surface area contributed by atoms with Crippen LogP contribution in [0.2, 0.25) is 0 Å². The second kappa shape index (κ2) is 10.1. The van der Waals surface area contributed by atoms with Crippen molar-refractivity contribution in [2.45, 2.75) is 47.9 Å². The fourth-order valence-corrected chi connectivity index (χ4v) is 7.54. The molecule has 2 bridgehead atoms. The van der Waals surface area contributed by atoms with Crippen LogP contribution in [0.15, 0.2) is 53.4 Å². The number of amides is 1. The number of fused-ring (bicyclic) bond motifs is 2. The molecule has 8 nitrogen and oxygen atoms in total. The van der Waals surface area contributed by atoms with Gasteiger partial charge >= 0.3 is 0 Å². The van der Waals surface area contributed by atoms with Crippen LogP contribution in [0.1, 0.15) is 25.7 Å². The summed E-state index contributed by atoms with van der Waals surface area (Å²) in [5.74, 6) is 0.612. The highest BCUT2D eigenvalue weighted by Gasteiger charge is 2.41. The van der Waals surface area contributed by atoms with Crippen LogP contribution in [0.5, 0.6) is 5.75 Å². The number of benzene rings is 2. The van der Waals surface area contributed by atoms with Crippen LogP contribution in [0.4, 0.5) is 11.4 Å². The second-order valence-corrected chi connectivity index (χ2v) is 11.8. The monoisotopic (exact) mass is 499 g/mol. The summed E-state index contributed by atoms with van der Waals surface area (Å²) in [6.07, 6.45) is 4.03. The van der Waals surface area contributed by atoms with Crippen molar-refractivity contribution < 1.29 is 22.7 Å². The first kappa shape index (κ1) is 23.9. The molecule has 2 aromatic rings. The average Bonchev–Trinajstić information content (AvgIpc) is 3.16. The van der Waals surface area contributed by atoms with Crippen LogP contribution in [0.3, 0.4) is 0 Å². The minimum Gasteiger partial charge on any atom is -0.465 e. The van der Waals surface area contributed by atoms with Crippen molar-refractivity contribution in [3.63, 3.8) is 0 Å². The van der Waals surface area contributed by atoms with Crippen molar-refractivity contribution in [1.82, 2.24) is 4.90 Å². The van der Waals surface area contributed by atoms with Crippen molar-refractivity contribution in [3.8, 4) is 5.75 Å². The van der Waals surface area contributed by atoms with E-state index in [9.17, 15) is 13.2 Å². The van der Waals surface area contributed by atoms with Crippen LogP contribution >= 0.6 is 0 Å². The fourth-order valence-electron chi connectivity index (χ4n) is 5.79. The van der Waals surface area contributed by atoms with Crippen molar-refractivity contribution in [2.24, 2.45) is 0 Å². The Morgan fingerprint density at radius 2 is 1.66 bits per heavy atom. The van der Waals surface area contributed by atoms with Crippen LogP contribution in [-0.2, 0) is 19.4 Å². The lowest BCUT2D eigenvalue weighted by molar-refractivity contribution is -0.119. The van der Waals surface area contributed by atoms with Crippen LogP contribution in [0, 0.1) is 0 Å². The van der Waals surface area contributed by atoms with Gasteiger partial charge in [0.05, 0.1) is 15.8 Å². The molecule has 1 amide bonds. The maximum atomic E-state index is 13.7. The Balaban J connectivity index is 1.39. The van der Waals surface area contributed by atoms with Gasteiger partial charge in [-0.2, -0.15) is 0 Å². The summed E-state index contributed by atoms with van der Waals surface area (Å²) < 4.78 is 38.4. The first-order chi connectivity index (χ1) is 17.0. The SMILES string of the molecule is COCOc1ccc(S(=O)(=O)C2CCN(c3ccccc3)CC2)cc1N1C2CCC1CN(C=O)C2. The molecule has 0 spiro atoms. The Labute approximate surface area is 207 Å². The molecule has 2 unspecified atom stereocenters. The quantitative estimate of drug-likeness (QED) is 0.408. The van der Waals surface area contributed by atoms with Gasteiger partial charge in [-0.25, -0.2) is 8.42 Å². The zero-order valence-electron chi connectivity index (χ0n) is 20.1. The molecule has 3 aliphatic rings. The van der Waals surface area contributed by atoms with E-state index < -0.39 is 15.1 Å². The Kier molecular flexibility index (Phi) is 6.88. The Hall–Kier alpha value is -2.78. The third-order valence-electron chi connectivity index (χ3n) is 7.53. The number of methoxy groups -OCH3 is 1. The van der Waals surface area contributed by atoms with Crippen LogP contribution < -0.4 is 14.5 Å². The van der Waals surface area contributed by atoms with E-state index in [2.05, 4.69) is 21.9 Å². The lowest BCUT2D eigenvalue weighted by Gasteiger charge is -2.41. The fraction of sp³-hybridized carbons (Fsp3) is 0.500. The minimum atomic E-state index is -3.50. The number of likely N-dealkylation sites (tertiary alicyclic amines) is 1. The van der Waals surface area contributed by atoms with Gasteiger partial charge < -0.3 is 24.2 Å². The summed E-state index contributed by atoms with van der Waals surface area (Å²) in [4.78, 5) is 18.1. The number of sulfone groups is 1. The maximum absolute atomic E-state index is 13.7. The lowest BCUT2D eigenvalue weighted by atomic mass is 10.1.